The molecule has 0 spiro atoms. The molecule has 1 amide bonds. The predicted molar refractivity (Wildman–Crippen MR) is 119 cm³/mol. The van der Waals surface area contributed by atoms with E-state index >= 15 is 0 Å². The van der Waals surface area contributed by atoms with E-state index in [4.69, 9.17) is 4.52 Å². The normalized spacial score (nSPS) is 14.9. The second-order valence-corrected chi connectivity index (χ2v) is 8.18. The molecule has 162 valence electrons. The zero-order valence-electron chi connectivity index (χ0n) is 18.2. The Morgan fingerprint density at radius 3 is 2.52 bits per heavy atom. The third-order valence-corrected chi connectivity index (χ3v) is 5.59. The van der Waals surface area contributed by atoms with Crippen molar-refractivity contribution in [1.29, 1.82) is 0 Å². The van der Waals surface area contributed by atoms with Gasteiger partial charge >= 0.3 is 0 Å². The Morgan fingerprint density at radius 2 is 1.84 bits per heavy atom. The second-order valence-electron chi connectivity index (χ2n) is 8.18. The van der Waals surface area contributed by atoms with Crippen LogP contribution in [-0.2, 0) is 11.3 Å². The standard InChI is InChI=1S/C24H29N5O2/c1-17-13-22(31-28-17)21-15-25-18(2)27-24(21)20-9-7-19(8-10-20)14-26-23(30)16-29-11-5-3-4-6-12-29/h7-10,13,15H,3-6,11-12,14,16H2,1-2H3,(H,26,30). The van der Waals surface area contributed by atoms with Crippen LogP contribution in [0.1, 0.15) is 42.8 Å². The number of benzene rings is 1. The van der Waals surface area contributed by atoms with E-state index < -0.39 is 0 Å². The molecule has 4 rings (SSSR count). The highest BCUT2D eigenvalue weighted by molar-refractivity contribution is 5.79. The van der Waals surface area contributed by atoms with Crippen LogP contribution in [0.5, 0.6) is 0 Å². The smallest absolute Gasteiger partial charge is 0.234 e. The molecular weight excluding hydrogens is 390 g/mol. The van der Waals surface area contributed by atoms with Crippen LogP contribution in [0.2, 0.25) is 0 Å². The summed E-state index contributed by atoms with van der Waals surface area (Å²) in [6.07, 6.45) is 6.69. The van der Waals surface area contributed by atoms with Crippen molar-refractivity contribution in [3.8, 4) is 22.6 Å². The van der Waals surface area contributed by atoms with E-state index in [0.717, 1.165) is 41.2 Å². The second kappa shape index (κ2) is 9.83. The zero-order valence-corrected chi connectivity index (χ0v) is 18.2. The van der Waals surface area contributed by atoms with Crippen LogP contribution in [0.4, 0.5) is 0 Å². The highest BCUT2D eigenvalue weighted by Crippen LogP contribution is 2.30. The lowest BCUT2D eigenvalue weighted by atomic mass is 10.0. The number of hydrogen-bond donors (Lipinski definition) is 1. The van der Waals surface area contributed by atoms with Crippen molar-refractivity contribution in [2.75, 3.05) is 19.6 Å². The Kier molecular flexibility index (Phi) is 6.72. The summed E-state index contributed by atoms with van der Waals surface area (Å²) >= 11 is 0. The first-order valence-electron chi connectivity index (χ1n) is 10.9. The molecule has 3 heterocycles. The molecule has 1 aliphatic heterocycles. The minimum Gasteiger partial charge on any atom is -0.356 e. The van der Waals surface area contributed by atoms with E-state index in [1.807, 2.05) is 44.2 Å². The number of aryl methyl sites for hydroxylation is 2. The van der Waals surface area contributed by atoms with Gasteiger partial charge in [-0.05, 0) is 45.3 Å². The molecule has 1 aliphatic rings. The van der Waals surface area contributed by atoms with Gasteiger partial charge in [0.05, 0.1) is 23.5 Å². The Bertz CT molecular complexity index is 1020. The lowest BCUT2D eigenvalue weighted by Crippen LogP contribution is -2.37. The number of nitrogens with one attached hydrogen (secondary N) is 1. The summed E-state index contributed by atoms with van der Waals surface area (Å²) in [5.74, 6) is 1.43. The van der Waals surface area contributed by atoms with Gasteiger partial charge < -0.3 is 9.84 Å². The highest BCUT2D eigenvalue weighted by atomic mass is 16.5. The molecule has 7 heteroatoms. The van der Waals surface area contributed by atoms with Crippen molar-refractivity contribution in [3.05, 3.63) is 53.6 Å². The highest BCUT2D eigenvalue weighted by Gasteiger charge is 2.15. The molecule has 0 bridgehead atoms. The Hall–Kier alpha value is -3.06. The fourth-order valence-corrected chi connectivity index (χ4v) is 3.90. The number of amides is 1. The van der Waals surface area contributed by atoms with E-state index in [0.29, 0.717) is 24.7 Å². The van der Waals surface area contributed by atoms with Gasteiger partial charge in [0.25, 0.3) is 0 Å². The van der Waals surface area contributed by atoms with Gasteiger partial charge in [0, 0.05) is 24.4 Å². The first kappa shape index (κ1) is 21.2. The van der Waals surface area contributed by atoms with Crippen LogP contribution >= 0.6 is 0 Å². The lowest BCUT2D eigenvalue weighted by Gasteiger charge is -2.19. The molecule has 1 fully saturated rings. The van der Waals surface area contributed by atoms with Crippen molar-refractivity contribution < 1.29 is 9.32 Å². The molecule has 31 heavy (non-hydrogen) atoms. The molecule has 3 aromatic rings. The van der Waals surface area contributed by atoms with E-state index in [1.165, 1.54) is 25.7 Å². The third-order valence-electron chi connectivity index (χ3n) is 5.59. The SMILES string of the molecule is Cc1cc(-c2cnc(C)nc2-c2ccc(CNC(=O)CN3CCCCCC3)cc2)on1. The van der Waals surface area contributed by atoms with Gasteiger partial charge in [0.15, 0.2) is 5.76 Å². The maximum Gasteiger partial charge on any atom is 0.234 e. The molecule has 1 saturated heterocycles. The van der Waals surface area contributed by atoms with Gasteiger partial charge in [-0.2, -0.15) is 0 Å². The summed E-state index contributed by atoms with van der Waals surface area (Å²) in [6, 6.07) is 9.96. The van der Waals surface area contributed by atoms with E-state index in [1.54, 1.807) is 6.20 Å². The average Bonchev–Trinajstić information content (AvgIpc) is 3.04. The summed E-state index contributed by atoms with van der Waals surface area (Å²) in [6.45, 7) is 6.80. The molecule has 0 atom stereocenters. The molecule has 0 unspecified atom stereocenters. The van der Waals surface area contributed by atoms with Crippen molar-refractivity contribution in [2.45, 2.75) is 46.1 Å². The Labute approximate surface area is 182 Å². The zero-order chi connectivity index (χ0) is 21.6. The number of hydrogen-bond acceptors (Lipinski definition) is 6. The van der Waals surface area contributed by atoms with E-state index in [2.05, 4.69) is 25.3 Å². The van der Waals surface area contributed by atoms with Crippen LogP contribution in [0, 0.1) is 13.8 Å². The Morgan fingerprint density at radius 1 is 1.10 bits per heavy atom. The molecule has 1 N–H and O–H groups in total. The number of aromatic nitrogens is 3. The summed E-state index contributed by atoms with van der Waals surface area (Å²) in [4.78, 5) is 23.6. The van der Waals surface area contributed by atoms with Gasteiger partial charge in [-0.1, -0.05) is 42.3 Å². The first-order chi connectivity index (χ1) is 15.1. The topological polar surface area (TPSA) is 84.2 Å². The summed E-state index contributed by atoms with van der Waals surface area (Å²) in [7, 11) is 0. The maximum atomic E-state index is 12.3. The van der Waals surface area contributed by atoms with E-state index in [9.17, 15) is 4.79 Å². The molecule has 0 radical (unpaired) electrons. The number of carbonyl (C=O) groups excluding carboxylic acids is 1. The minimum atomic E-state index is 0.0837. The largest absolute Gasteiger partial charge is 0.356 e. The number of rotatable bonds is 6. The van der Waals surface area contributed by atoms with Crippen molar-refractivity contribution in [1.82, 2.24) is 25.3 Å². The van der Waals surface area contributed by atoms with Gasteiger partial charge in [0.1, 0.15) is 5.82 Å². The minimum absolute atomic E-state index is 0.0837. The lowest BCUT2D eigenvalue weighted by molar-refractivity contribution is -0.122. The molecule has 7 nitrogen and oxygen atoms in total. The Balaban J connectivity index is 1.42. The number of nitrogens with zero attached hydrogens (tertiary/aromatic N) is 4. The fourth-order valence-electron chi connectivity index (χ4n) is 3.90. The fraction of sp³-hybridized carbons (Fsp3) is 0.417. The quantitative estimate of drug-likeness (QED) is 0.652. The molecule has 1 aromatic carbocycles. The summed E-state index contributed by atoms with van der Waals surface area (Å²) in [5, 5.41) is 7.02. The average molecular weight is 420 g/mol. The molecule has 2 aromatic heterocycles. The molecule has 0 aliphatic carbocycles. The van der Waals surface area contributed by atoms with Crippen LogP contribution in [0.3, 0.4) is 0 Å². The third kappa shape index (κ3) is 5.55. The predicted octanol–water partition coefficient (Wildman–Crippen LogP) is 3.91. The van der Waals surface area contributed by atoms with Gasteiger partial charge in [-0.25, -0.2) is 9.97 Å². The van der Waals surface area contributed by atoms with Crippen LogP contribution in [0.25, 0.3) is 22.6 Å². The monoisotopic (exact) mass is 419 g/mol. The summed E-state index contributed by atoms with van der Waals surface area (Å²) in [5.41, 5.74) is 4.45. The van der Waals surface area contributed by atoms with E-state index in [-0.39, 0.29) is 5.91 Å². The van der Waals surface area contributed by atoms with Gasteiger partial charge in [-0.15, -0.1) is 0 Å². The van der Waals surface area contributed by atoms with Crippen molar-refractivity contribution in [3.63, 3.8) is 0 Å². The number of likely N-dealkylation sites (tertiary alicyclic amines) is 1. The summed E-state index contributed by atoms with van der Waals surface area (Å²) < 4.78 is 5.43. The molecular formula is C24H29N5O2. The van der Waals surface area contributed by atoms with Crippen LogP contribution in [0.15, 0.2) is 41.1 Å². The van der Waals surface area contributed by atoms with Crippen molar-refractivity contribution in [2.24, 2.45) is 0 Å². The first-order valence-corrected chi connectivity index (χ1v) is 10.9. The van der Waals surface area contributed by atoms with Gasteiger partial charge in [0.2, 0.25) is 5.91 Å². The van der Waals surface area contributed by atoms with Crippen LogP contribution < -0.4 is 5.32 Å². The number of carbonyl (C=O) groups is 1. The van der Waals surface area contributed by atoms with Crippen molar-refractivity contribution >= 4 is 5.91 Å². The maximum absolute atomic E-state index is 12.3. The molecule has 0 saturated carbocycles. The van der Waals surface area contributed by atoms with Gasteiger partial charge in [-0.3, -0.25) is 9.69 Å². The van der Waals surface area contributed by atoms with Crippen LogP contribution in [-0.4, -0.2) is 45.6 Å².